The molecule has 7 aromatic carbocycles. The van der Waals surface area contributed by atoms with Crippen LogP contribution in [0.4, 0.5) is 11.4 Å². The Morgan fingerprint density at radius 3 is 1.86 bits per heavy atom. The highest BCUT2D eigenvalue weighted by Gasteiger charge is 2.46. The van der Waals surface area contributed by atoms with Crippen LogP contribution in [-0.4, -0.2) is 0 Å². The molecule has 64 heavy (non-hydrogen) atoms. The molecule has 0 spiro atoms. The Morgan fingerprint density at radius 1 is 0.562 bits per heavy atom. The molecule has 0 radical (unpaired) electrons. The Morgan fingerprint density at radius 2 is 1.16 bits per heavy atom. The summed E-state index contributed by atoms with van der Waals surface area (Å²) in [4.78, 5) is 2.15. The monoisotopic (exact) mass is 826 g/mol. The first-order chi connectivity index (χ1) is 33.0. The van der Waals surface area contributed by atoms with Crippen LogP contribution in [0.1, 0.15) is 73.3 Å². The van der Waals surface area contributed by atoms with Gasteiger partial charge >= 0.3 is 0 Å². The molecule has 2 unspecified atom stereocenters. The maximum absolute atomic E-state index is 10.5. The van der Waals surface area contributed by atoms with E-state index in [0.717, 1.165) is 77.0 Å². The first-order valence-corrected chi connectivity index (χ1v) is 22.5. The van der Waals surface area contributed by atoms with Gasteiger partial charge in [0, 0.05) is 29.4 Å². The van der Waals surface area contributed by atoms with E-state index in [2.05, 4.69) is 158 Å². The van der Waals surface area contributed by atoms with Crippen molar-refractivity contribution in [1.82, 2.24) is 0 Å². The third-order valence-electron chi connectivity index (χ3n) is 13.5. The number of aryl methyl sites for hydroxylation is 2. The second-order valence-electron chi connectivity index (χ2n) is 16.9. The van der Waals surface area contributed by atoms with Crippen molar-refractivity contribution >= 4 is 16.9 Å². The van der Waals surface area contributed by atoms with E-state index in [0.29, 0.717) is 11.1 Å². The predicted molar refractivity (Wildman–Crippen MR) is 272 cm³/mol. The van der Waals surface area contributed by atoms with Crippen molar-refractivity contribution in [2.75, 3.05) is 4.90 Å². The molecule has 0 heterocycles. The standard InChI is InChI=1S/C63H53N/c1-4-7-21-45-33-34-48(43-47(45)22-8-5-2)46-35-37-51(38-36-46)64(52-39-40-58-56-29-16-15-27-54(56)55-28-17-18-30-57(55)60(58)44-52)42-41-62-53(6-3)59-31-19-20-32-61(59)63(62,49-23-11-9-12-24-49)50-25-13-10-14-26-50/h4-6,9-20,23-44,55,57H,1-3,7-8,21-22H2/b42-41+/i3D,6D,41D/b6-3?,42-41+. The molecular formula is C63H53N. The van der Waals surface area contributed by atoms with E-state index in [4.69, 9.17) is 1.37 Å². The van der Waals surface area contributed by atoms with Crippen LogP contribution in [0.5, 0.6) is 0 Å². The molecule has 1 nitrogen and oxygen atoms in total. The molecule has 0 aromatic heterocycles. The van der Waals surface area contributed by atoms with Crippen LogP contribution in [0.25, 0.3) is 27.8 Å². The van der Waals surface area contributed by atoms with Crippen LogP contribution in [0.3, 0.4) is 0 Å². The molecule has 7 aromatic rings. The largest absolute Gasteiger partial charge is 0.317 e. The highest BCUT2D eigenvalue weighted by atomic mass is 15.1. The minimum atomic E-state index is -0.958. The molecule has 3 aliphatic rings. The number of benzene rings is 7. The average Bonchev–Trinajstić information content (AvgIpc) is 3.71. The van der Waals surface area contributed by atoms with E-state index in [1.807, 2.05) is 72.9 Å². The fourth-order valence-corrected chi connectivity index (χ4v) is 10.5. The van der Waals surface area contributed by atoms with Crippen molar-refractivity contribution in [3.8, 4) is 22.3 Å². The maximum Gasteiger partial charge on any atom is 0.0714 e. The summed E-state index contributed by atoms with van der Waals surface area (Å²) < 4.78 is 28.4. The lowest BCUT2D eigenvalue weighted by atomic mass is 9.67. The predicted octanol–water partition coefficient (Wildman–Crippen LogP) is 16.2. The van der Waals surface area contributed by atoms with Crippen molar-refractivity contribution in [2.24, 2.45) is 0 Å². The summed E-state index contributed by atoms with van der Waals surface area (Å²) in [5.74, 6) is 0.367. The summed E-state index contributed by atoms with van der Waals surface area (Å²) in [5, 5.41) is 0. The molecule has 1 heteroatoms. The quantitative estimate of drug-likeness (QED) is 0.0988. The summed E-state index contributed by atoms with van der Waals surface area (Å²) >= 11 is 0. The van der Waals surface area contributed by atoms with E-state index in [9.17, 15) is 2.74 Å². The number of allylic oxidation sites excluding steroid dienone is 10. The maximum atomic E-state index is 10.5. The van der Waals surface area contributed by atoms with Crippen molar-refractivity contribution in [2.45, 2.75) is 42.9 Å². The molecule has 0 N–H and O–H groups in total. The van der Waals surface area contributed by atoms with Gasteiger partial charge < -0.3 is 4.90 Å². The lowest BCUT2D eigenvalue weighted by molar-refractivity contribution is 0.720. The minimum Gasteiger partial charge on any atom is -0.317 e. The Bertz CT molecular complexity index is 3110. The molecule has 3 aliphatic carbocycles. The van der Waals surface area contributed by atoms with Crippen LogP contribution in [0.15, 0.2) is 250 Å². The smallest absolute Gasteiger partial charge is 0.0714 e. The number of hydrogen-bond acceptors (Lipinski definition) is 1. The number of hydrogen-bond donors (Lipinski definition) is 0. The second-order valence-corrected chi connectivity index (χ2v) is 16.9. The third-order valence-corrected chi connectivity index (χ3v) is 13.5. The second kappa shape index (κ2) is 17.7. The fraction of sp³-hybridized carbons (Fsp3) is 0.111. The Balaban J connectivity index is 1.19. The lowest BCUT2D eigenvalue weighted by Crippen LogP contribution is -2.29. The summed E-state index contributed by atoms with van der Waals surface area (Å²) in [6.07, 6.45) is 18.6. The number of anilines is 2. The van der Waals surface area contributed by atoms with Crippen LogP contribution >= 0.6 is 0 Å². The van der Waals surface area contributed by atoms with Gasteiger partial charge in [0.15, 0.2) is 0 Å². The highest BCUT2D eigenvalue weighted by molar-refractivity contribution is 5.92. The SMILES string of the molecule is [2H]C=C([2H])C1=C(/C([2H])=C/N(c2ccc(-c3ccc(CCC=C)c(CCC=C)c3)cc2)c2ccc3c(c2)C2C=CC=CC2c2ccccc2-3)C(c2ccccc2)(c2ccccc2)c2ccccc21. The summed E-state index contributed by atoms with van der Waals surface area (Å²) in [7, 11) is 0. The van der Waals surface area contributed by atoms with Gasteiger partial charge in [0.1, 0.15) is 0 Å². The molecule has 10 rings (SSSR count). The average molecular weight is 827 g/mol. The molecule has 0 amide bonds. The molecule has 0 fully saturated rings. The normalized spacial score (nSPS) is 17.6. The third kappa shape index (κ3) is 7.08. The topological polar surface area (TPSA) is 3.24 Å². The van der Waals surface area contributed by atoms with Gasteiger partial charge in [0.2, 0.25) is 0 Å². The van der Waals surface area contributed by atoms with Crippen molar-refractivity contribution in [3.05, 3.63) is 294 Å². The van der Waals surface area contributed by atoms with Crippen LogP contribution in [-0.2, 0) is 18.3 Å². The van der Waals surface area contributed by atoms with E-state index in [1.54, 1.807) is 0 Å². The van der Waals surface area contributed by atoms with Gasteiger partial charge in [0.05, 0.1) is 9.53 Å². The first-order valence-electron chi connectivity index (χ1n) is 24.1. The Hall–Kier alpha value is -7.48. The summed E-state index contributed by atoms with van der Waals surface area (Å²) in [6, 6.07) is 60.3. The van der Waals surface area contributed by atoms with Crippen LogP contribution < -0.4 is 4.90 Å². The molecular weight excluding hydrogens is 771 g/mol. The Kier molecular flexibility index (Phi) is 10.3. The minimum absolute atomic E-state index is 0.0591. The van der Waals surface area contributed by atoms with Gasteiger partial charge in [-0.3, -0.25) is 0 Å². The molecule has 0 bridgehead atoms. The summed E-state index contributed by atoms with van der Waals surface area (Å²) in [5.41, 5.74) is 15.9. The number of fused-ring (bicyclic) bond motifs is 7. The van der Waals surface area contributed by atoms with Crippen LogP contribution in [0.2, 0.25) is 0 Å². The van der Waals surface area contributed by atoms with Crippen molar-refractivity contribution in [1.29, 1.82) is 0 Å². The molecule has 0 saturated heterocycles. The summed E-state index contributed by atoms with van der Waals surface area (Å²) in [6.45, 7) is 9.07. The first kappa shape index (κ1) is 37.1. The highest BCUT2D eigenvalue weighted by Crippen LogP contribution is 2.56. The fourth-order valence-electron chi connectivity index (χ4n) is 10.5. The van der Waals surface area contributed by atoms with E-state index < -0.39 is 5.41 Å². The molecule has 0 saturated carbocycles. The number of nitrogens with zero attached hydrogens (tertiary/aromatic N) is 1. The van der Waals surface area contributed by atoms with Crippen molar-refractivity contribution < 1.29 is 4.11 Å². The molecule has 310 valence electrons. The van der Waals surface area contributed by atoms with Crippen LogP contribution in [0, 0.1) is 0 Å². The van der Waals surface area contributed by atoms with Gasteiger partial charge in [-0.25, -0.2) is 0 Å². The van der Waals surface area contributed by atoms with E-state index in [1.165, 1.54) is 33.4 Å². The zero-order valence-corrected chi connectivity index (χ0v) is 36.1. The van der Waals surface area contributed by atoms with Gasteiger partial charge in [-0.2, -0.15) is 0 Å². The van der Waals surface area contributed by atoms with Gasteiger partial charge in [0.25, 0.3) is 0 Å². The molecule has 0 aliphatic heterocycles. The van der Waals surface area contributed by atoms with E-state index in [-0.39, 0.29) is 23.9 Å². The van der Waals surface area contributed by atoms with Gasteiger partial charge in [-0.05, 0) is 134 Å². The van der Waals surface area contributed by atoms with Crippen molar-refractivity contribution in [3.63, 3.8) is 0 Å². The lowest BCUT2D eigenvalue weighted by Gasteiger charge is -2.35. The zero-order chi connectivity index (χ0) is 45.9. The van der Waals surface area contributed by atoms with Gasteiger partial charge in [-0.1, -0.05) is 195 Å². The molecule has 2 atom stereocenters. The number of rotatable bonds is 14. The Labute approximate surface area is 384 Å². The van der Waals surface area contributed by atoms with Gasteiger partial charge in [-0.15, -0.1) is 13.2 Å². The zero-order valence-electron chi connectivity index (χ0n) is 39.1. The van der Waals surface area contributed by atoms with E-state index >= 15 is 0 Å².